The number of nitrogens with zero attached hydrogens (tertiary/aromatic N) is 1. The lowest BCUT2D eigenvalue weighted by atomic mass is 10.2. The third kappa shape index (κ3) is 2.96. The van der Waals surface area contributed by atoms with E-state index in [1.165, 1.54) is 6.42 Å². The SMILES string of the molecule is CNC1CCN(Cc2cc(Br)c(O)c(OC)c2)C1. The molecule has 1 atom stereocenters. The molecule has 1 aliphatic rings. The van der Waals surface area contributed by atoms with Crippen LogP contribution in [0.25, 0.3) is 0 Å². The van der Waals surface area contributed by atoms with Crippen LogP contribution >= 0.6 is 15.9 Å². The maximum Gasteiger partial charge on any atom is 0.172 e. The van der Waals surface area contributed by atoms with Gasteiger partial charge < -0.3 is 15.2 Å². The first-order valence-electron chi connectivity index (χ1n) is 6.09. The Balaban J connectivity index is 2.08. The summed E-state index contributed by atoms with van der Waals surface area (Å²) < 4.78 is 5.84. The van der Waals surface area contributed by atoms with Crippen molar-refractivity contribution in [1.82, 2.24) is 10.2 Å². The number of hydrogen-bond acceptors (Lipinski definition) is 4. The van der Waals surface area contributed by atoms with E-state index in [1.807, 2.05) is 19.2 Å². The van der Waals surface area contributed by atoms with Crippen LogP contribution in [-0.4, -0.2) is 43.3 Å². The van der Waals surface area contributed by atoms with Gasteiger partial charge in [-0.15, -0.1) is 0 Å². The molecule has 1 unspecified atom stereocenters. The second-order valence-electron chi connectivity index (χ2n) is 4.64. The molecule has 100 valence electrons. The topological polar surface area (TPSA) is 44.7 Å². The van der Waals surface area contributed by atoms with Crippen molar-refractivity contribution >= 4 is 15.9 Å². The molecule has 0 amide bonds. The van der Waals surface area contributed by atoms with Crippen molar-refractivity contribution in [1.29, 1.82) is 0 Å². The molecule has 0 saturated carbocycles. The zero-order chi connectivity index (χ0) is 13.1. The summed E-state index contributed by atoms with van der Waals surface area (Å²) in [7, 11) is 3.58. The highest BCUT2D eigenvalue weighted by Crippen LogP contribution is 2.35. The van der Waals surface area contributed by atoms with E-state index in [9.17, 15) is 5.11 Å². The second kappa shape index (κ2) is 5.91. The molecule has 1 aliphatic heterocycles. The predicted molar refractivity (Wildman–Crippen MR) is 75.1 cm³/mol. The van der Waals surface area contributed by atoms with Crippen LogP contribution in [0.1, 0.15) is 12.0 Å². The Hall–Kier alpha value is -0.780. The first-order valence-corrected chi connectivity index (χ1v) is 6.88. The number of phenolic OH excluding ortho intramolecular Hbond substituents is 1. The summed E-state index contributed by atoms with van der Waals surface area (Å²) >= 11 is 3.35. The molecular weight excluding hydrogens is 296 g/mol. The maximum absolute atomic E-state index is 9.77. The first kappa shape index (κ1) is 13.6. The fourth-order valence-corrected chi connectivity index (χ4v) is 2.83. The van der Waals surface area contributed by atoms with Crippen LogP contribution in [0.5, 0.6) is 11.5 Å². The molecule has 1 heterocycles. The number of ether oxygens (including phenoxy) is 1. The number of aromatic hydroxyl groups is 1. The molecule has 1 fully saturated rings. The molecule has 0 bridgehead atoms. The molecule has 0 aromatic heterocycles. The summed E-state index contributed by atoms with van der Waals surface area (Å²) in [6.45, 7) is 3.05. The van der Waals surface area contributed by atoms with E-state index >= 15 is 0 Å². The van der Waals surface area contributed by atoms with Gasteiger partial charge in [-0.05, 0) is 47.1 Å². The van der Waals surface area contributed by atoms with Gasteiger partial charge in [-0.2, -0.15) is 0 Å². The van der Waals surface area contributed by atoms with Gasteiger partial charge in [0.05, 0.1) is 11.6 Å². The molecule has 0 aliphatic carbocycles. The van der Waals surface area contributed by atoms with Crippen molar-refractivity contribution in [3.8, 4) is 11.5 Å². The highest BCUT2D eigenvalue weighted by Gasteiger charge is 2.21. The molecule has 0 spiro atoms. The van der Waals surface area contributed by atoms with E-state index in [0.29, 0.717) is 16.3 Å². The van der Waals surface area contributed by atoms with Gasteiger partial charge >= 0.3 is 0 Å². The number of halogens is 1. The summed E-state index contributed by atoms with van der Waals surface area (Å²) in [5.41, 5.74) is 1.15. The minimum atomic E-state index is 0.163. The number of methoxy groups -OCH3 is 1. The smallest absolute Gasteiger partial charge is 0.172 e. The number of hydrogen-bond donors (Lipinski definition) is 2. The monoisotopic (exact) mass is 314 g/mol. The fourth-order valence-electron chi connectivity index (χ4n) is 2.34. The van der Waals surface area contributed by atoms with E-state index in [4.69, 9.17) is 4.74 Å². The Morgan fingerprint density at radius 3 is 2.94 bits per heavy atom. The van der Waals surface area contributed by atoms with E-state index in [0.717, 1.165) is 25.2 Å². The number of phenols is 1. The van der Waals surface area contributed by atoms with Gasteiger partial charge in [-0.25, -0.2) is 0 Å². The van der Waals surface area contributed by atoms with Gasteiger partial charge in [0, 0.05) is 25.7 Å². The minimum Gasteiger partial charge on any atom is -0.503 e. The Morgan fingerprint density at radius 2 is 2.33 bits per heavy atom. The van der Waals surface area contributed by atoms with Crippen LogP contribution in [0, 0.1) is 0 Å². The highest BCUT2D eigenvalue weighted by molar-refractivity contribution is 9.10. The normalized spacial score (nSPS) is 20.3. The van der Waals surface area contributed by atoms with Crippen molar-refractivity contribution in [2.45, 2.75) is 19.0 Å². The van der Waals surface area contributed by atoms with Crippen LogP contribution in [0.4, 0.5) is 0 Å². The molecule has 2 rings (SSSR count). The fraction of sp³-hybridized carbons (Fsp3) is 0.538. The zero-order valence-electron chi connectivity index (χ0n) is 10.7. The van der Waals surface area contributed by atoms with Gasteiger partial charge in [0.2, 0.25) is 0 Å². The predicted octanol–water partition coefficient (Wildman–Crippen LogP) is 1.96. The molecule has 2 N–H and O–H groups in total. The first-order chi connectivity index (χ1) is 8.63. The number of benzene rings is 1. The third-order valence-corrected chi connectivity index (χ3v) is 4.00. The number of rotatable bonds is 4. The number of nitrogens with one attached hydrogen (secondary N) is 1. The average molecular weight is 315 g/mol. The van der Waals surface area contributed by atoms with Crippen LogP contribution < -0.4 is 10.1 Å². The van der Waals surface area contributed by atoms with Gasteiger partial charge in [-0.3, -0.25) is 4.90 Å². The lowest BCUT2D eigenvalue weighted by Crippen LogP contribution is -2.29. The van der Waals surface area contributed by atoms with Crippen LogP contribution in [0.2, 0.25) is 0 Å². The van der Waals surface area contributed by atoms with Gasteiger partial charge in [0.1, 0.15) is 0 Å². The molecule has 1 saturated heterocycles. The molecule has 0 radical (unpaired) electrons. The lowest BCUT2D eigenvalue weighted by molar-refractivity contribution is 0.320. The van der Waals surface area contributed by atoms with E-state index < -0.39 is 0 Å². The lowest BCUT2D eigenvalue weighted by Gasteiger charge is -2.17. The number of likely N-dealkylation sites (N-methyl/N-ethyl adjacent to an activating group) is 1. The molecule has 1 aromatic carbocycles. The molecule has 5 heteroatoms. The van der Waals surface area contributed by atoms with Crippen LogP contribution in [0.3, 0.4) is 0 Å². The Kier molecular flexibility index (Phi) is 4.48. The summed E-state index contributed by atoms with van der Waals surface area (Å²) in [5, 5.41) is 13.1. The largest absolute Gasteiger partial charge is 0.503 e. The Labute approximate surface area is 116 Å². The second-order valence-corrected chi connectivity index (χ2v) is 5.49. The van der Waals surface area contributed by atoms with Gasteiger partial charge in [0.25, 0.3) is 0 Å². The van der Waals surface area contributed by atoms with Crippen LogP contribution in [0.15, 0.2) is 16.6 Å². The molecule has 4 nitrogen and oxygen atoms in total. The van der Waals surface area contributed by atoms with Crippen LogP contribution in [-0.2, 0) is 6.54 Å². The van der Waals surface area contributed by atoms with Gasteiger partial charge in [0.15, 0.2) is 11.5 Å². The molecular formula is C13H19BrN2O2. The van der Waals surface area contributed by atoms with Crippen molar-refractivity contribution in [3.05, 3.63) is 22.2 Å². The number of likely N-dealkylation sites (tertiary alicyclic amines) is 1. The van der Waals surface area contributed by atoms with Crippen molar-refractivity contribution in [3.63, 3.8) is 0 Å². The molecule has 1 aromatic rings. The summed E-state index contributed by atoms with van der Waals surface area (Å²) in [6.07, 6.45) is 1.19. The maximum atomic E-state index is 9.77. The van der Waals surface area contributed by atoms with E-state index in [-0.39, 0.29) is 5.75 Å². The van der Waals surface area contributed by atoms with E-state index in [2.05, 4.69) is 26.1 Å². The van der Waals surface area contributed by atoms with Crippen molar-refractivity contribution in [2.75, 3.05) is 27.2 Å². The summed E-state index contributed by atoms with van der Waals surface area (Å²) in [5.74, 6) is 0.680. The minimum absolute atomic E-state index is 0.163. The standard InChI is InChI=1S/C13H19BrN2O2/c1-15-10-3-4-16(8-10)7-9-5-11(14)13(17)12(6-9)18-2/h5-6,10,15,17H,3-4,7-8H2,1-2H3. The molecule has 18 heavy (non-hydrogen) atoms. The van der Waals surface area contributed by atoms with Crippen molar-refractivity contribution in [2.24, 2.45) is 0 Å². The highest BCUT2D eigenvalue weighted by atomic mass is 79.9. The Bertz CT molecular complexity index is 426. The zero-order valence-corrected chi connectivity index (χ0v) is 12.3. The summed E-state index contributed by atoms with van der Waals surface area (Å²) in [4.78, 5) is 2.40. The quantitative estimate of drug-likeness (QED) is 0.891. The van der Waals surface area contributed by atoms with Gasteiger partial charge in [-0.1, -0.05) is 0 Å². The average Bonchev–Trinajstić information content (AvgIpc) is 2.81. The summed E-state index contributed by atoms with van der Waals surface area (Å²) in [6, 6.07) is 4.43. The third-order valence-electron chi connectivity index (χ3n) is 3.39. The van der Waals surface area contributed by atoms with E-state index in [1.54, 1.807) is 7.11 Å². The Morgan fingerprint density at radius 1 is 1.56 bits per heavy atom. The van der Waals surface area contributed by atoms with Crippen molar-refractivity contribution < 1.29 is 9.84 Å².